The highest BCUT2D eigenvalue weighted by molar-refractivity contribution is 9.10. The summed E-state index contributed by atoms with van der Waals surface area (Å²) in [5, 5.41) is 3.97. The summed E-state index contributed by atoms with van der Waals surface area (Å²) in [5.41, 5.74) is 0.918. The zero-order chi connectivity index (χ0) is 13.8. The molecule has 0 radical (unpaired) electrons. The van der Waals surface area contributed by atoms with Gasteiger partial charge in [-0.1, -0.05) is 11.6 Å². The fourth-order valence-corrected chi connectivity index (χ4v) is 2.58. The first-order valence-electron chi connectivity index (χ1n) is 5.85. The van der Waals surface area contributed by atoms with E-state index >= 15 is 0 Å². The molecule has 2 aromatic rings. The number of nitrogens with zero attached hydrogens (tertiary/aromatic N) is 2. The molecule has 1 heterocycles. The van der Waals surface area contributed by atoms with Gasteiger partial charge in [0.05, 0.1) is 18.3 Å². The van der Waals surface area contributed by atoms with Crippen molar-refractivity contribution in [1.29, 1.82) is 0 Å². The lowest BCUT2D eigenvalue weighted by molar-refractivity contribution is 0.163. The first-order chi connectivity index (χ1) is 9.11. The lowest BCUT2D eigenvalue weighted by atomic mass is 10.3. The van der Waals surface area contributed by atoms with Crippen LogP contribution in [0.4, 0.5) is 11.6 Å². The molecule has 1 atom stereocenters. The van der Waals surface area contributed by atoms with Crippen LogP contribution in [0.25, 0.3) is 0 Å². The zero-order valence-corrected chi connectivity index (χ0v) is 13.1. The normalized spacial score (nSPS) is 12.4. The maximum absolute atomic E-state index is 5.93. The second-order valence-electron chi connectivity index (χ2n) is 4.21. The van der Waals surface area contributed by atoms with Crippen molar-refractivity contribution >= 4 is 39.2 Å². The predicted molar refractivity (Wildman–Crippen MR) is 81.2 cm³/mol. The number of nitrogens with one attached hydrogen (secondary N) is 1. The van der Waals surface area contributed by atoms with E-state index in [2.05, 4.69) is 33.2 Å². The molecule has 0 spiro atoms. The van der Waals surface area contributed by atoms with Crippen LogP contribution in [-0.4, -0.2) is 23.3 Å². The van der Waals surface area contributed by atoms with Crippen LogP contribution in [-0.2, 0) is 4.74 Å². The Labute approximate surface area is 125 Å². The molecule has 2 rings (SSSR count). The Morgan fingerprint density at radius 1 is 1.53 bits per heavy atom. The van der Waals surface area contributed by atoms with E-state index < -0.39 is 0 Å². The second kappa shape index (κ2) is 6.41. The summed E-state index contributed by atoms with van der Waals surface area (Å²) in [6, 6.07) is 5.80. The summed E-state index contributed by atoms with van der Waals surface area (Å²) in [7, 11) is 1.69. The van der Waals surface area contributed by atoms with E-state index in [1.807, 2.05) is 29.0 Å². The summed E-state index contributed by atoms with van der Waals surface area (Å²) < 4.78 is 8.10. The molecule has 1 aromatic heterocycles. The first-order valence-corrected chi connectivity index (χ1v) is 7.02. The lowest BCUT2D eigenvalue weighted by Gasteiger charge is -2.16. The first kappa shape index (κ1) is 14.4. The fourth-order valence-electron chi connectivity index (χ4n) is 1.80. The third kappa shape index (κ3) is 3.49. The molecule has 0 aliphatic heterocycles. The van der Waals surface area contributed by atoms with Crippen molar-refractivity contribution in [1.82, 2.24) is 9.55 Å². The molecule has 0 saturated heterocycles. The number of ether oxygens (including phenoxy) is 1. The van der Waals surface area contributed by atoms with Gasteiger partial charge in [-0.2, -0.15) is 0 Å². The molecule has 19 heavy (non-hydrogen) atoms. The maximum atomic E-state index is 5.93. The summed E-state index contributed by atoms with van der Waals surface area (Å²) in [5.74, 6) is 0.771. The van der Waals surface area contributed by atoms with Gasteiger partial charge < -0.3 is 14.6 Å². The van der Waals surface area contributed by atoms with Gasteiger partial charge in [0.25, 0.3) is 0 Å². The van der Waals surface area contributed by atoms with Crippen LogP contribution < -0.4 is 5.32 Å². The average molecular weight is 345 g/mol. The summed E-state index contributed by atoms with van der Waals surface area (Å²) >= 11 is 9.40. The van der Waals surface area contributed by atoms with Gasteiger partial charge in [0.2, 0.25) is 5.95 Å². The number of aromatic nitrogens is 2. The number of hydrogen-bond acceptors (Lipinski definition) is 3. The SMILES string of the molecule is COCC(C)n1ccnc1Nc1ccc(Cl)cc1Br. The Morgan fingerprint density at radius 3 is 3.00 bits per heavy atom. The predicted octanol–water partition coefficient (Wildman–Crippen LogP) is 4.25. The van der Waals surface area contributed by atoms with Crippen molar-refractivity contribution in [3.05, 3.63) is 40.1 Å². The lowest BCUT2D eigenvalue weighted by Crippen LogP contribution is -2.12. The number of imidazole rings is 1. The number of benzene rings is 1. The molecule has 0 aliphatic rings. The standard InChI is InChI=1S/C13H15BrClN3O/c1-9(8-19-2)18-6-5-16-13(18)17-12-4-3-10(15)7-11(12)14/h3-7,9H,8H2,1-2H3,(H,16,17). The van der Waals surface area contributed by atoms with Crippen LogP contribution in [0.15, 0.2) is 35.1 Å². The van der Waals surface area contributed by atoms with E-state index in [0.717, 1.165) is 16.1 Å². The highest BCUT2D eigenvalue weighted by Gasteiger charge is 2.11. The number of anilines is 2. The zero-order valence-electron chi connectivity index (χ0n) is 10.7. The summed E-state index contributed by atoms with van der Waals surface area (Å²) in [4.78, 5) is 4.32. The molecule has 1 aromatic carbocycles. The molecule has 102 valence electrons. The Hall–Kier alpha value is -1.04. The van der Waals surface area contributed by atoms with Gasteiger partial charge in [0, 0.05) is 29.0 Å². The van der Waals surface area contributed by atoms with Crippen molar-refractivity contribution in [2.24, 2.45) is 0 Å². The van der Waals surface area contributed by atoms with Crippen molar-refractivity contribution in [3.63, 3.8) is 0 Å². The molecule has 6 heteroatoms. The van der Waals surface area contributed by atoms with Crippen LogP contribution in [0.2, 0.25) is 5.02 Å². The molecule has 0 amide bonds. The topological polar surface area (TPSA) is 39.1 Å². The van der Waals surface area contributed by atoms with Crippen molar-refractivity contribution < 1.29 is 4.74 Å². The van der Waals surface area contributed by atoms with E-state index in [1.165, 1.54) is 0 Å². The minimum Gasteiger partial charge on any atom is -0.383 e. The largest absolute Gasteiger partial charge is 0.383 e. The van der Waals surface area contributed by atoms with Gasteiger partial charge in [-0.05, 0) is 41.1 Å². The number of hydrogen-bond donors (Lipinski definition) is 1. The monoisotopic (exact) mass is 343 g/mol. The van der Waals surface area contributed by atoms with Gasteiger partial charge in [-0.25, -0.2) is 4.98 Å². The van der Waals surface area contributed by atoms with Crippen molar-refractivity contribution in [2.75, 3.05) is 19.0 Å². The van der Waals surface area contributed by atoms with E-state index in [-0.39, 0.29) is 6.04 Å². The minimum atomic E-state index is 0.209. The van der Waals surface area contributed by atoms with Crippen LogP contribution in [0.1, 0.15) is 13.0 Å². The van der Waals surface area contributed by atoms with Crippen LogP contribution in [0.3, 0.4) is 0 Å². The van der Waals surface area contributed by atoms with Crippen LogP contribution in [0, 0.1) is 0 Å². The number of halogens is 2. The smallest absolute Gasteiger partial charge is 0.207 e. The molecule has 0 aliphatic carbocycles. The quantitative estimate of drug-likeness (QED) is 0.881. The van der Waals surface area contributed by atoms with Gasteiger partial charge >= 0.3 is 0 Å². The molecular weight excluding hydrogens is 330 g/mol. The molecule has 0 fully saturated rings. The van der Waals surface area contributed by atoms with E-state index in [1.54, 1.807) is 13.3 Å². The third-order valence-corrected chi connectivity index (χ3v) is 3.62. The van der Waals surface area contributed by atoms with E-state index in [0.29, 0.717) is 11.6 Å². The Balaban J connectivity index is 2.21. The van der Waals surface area contributed by atoms with E-state index in [4.69, 9.17) is 16.3 Å². The number of rotatable bonds is 5. The van der Waals surface area contributed by atoms with Crippen LogP contribution >= 0.6 is 27.5 Å². The molecule has 1 unspecified atom stereocenters. The fraction of sp³-hybridized carbons (Fsp3) is 0.308. The Morgan fingerprint density at radius 2 is 2.32 bits per heavy atom. The minimum absolute atomic E-state index is 0.209. The molecule has 0 bridgehead atoms. The second-order valence-corrected chi connectivity index (χ2v) is 5.50. The van der Waals surface area contributed by atoms with E-state index in [9.17, 15) is 0 Å². The van der Waals surface area contributed by atoms with Gasteiger partial charge in [-0.3, -0.25) is 0 Å². The van der Waals surface area contributed by atoms with Crippen molar-refractivity contribution in [3.8, 4) is 0 Å². The van der Waals surface area contributed by atoms with Crippen LogP contribution in [0.5, 0.6) is 0 Å². The Bertz CT molecular complexity index is 559. The molecule has 4 nitrogen and oxygen atoms in total. The molecular formula is C13H15BrClN3O. The average Bonchev–Trinajstić information content (AvgIpc) is 2.81. The summed E-state index contributed by atoms with van der Waals surface area (Å²) in [6.07, 6.45) is 3.69. The Kier molecular flexibility index (Phi) is 4.85. The van der Waals surface area contributed by atoms with Crippen molar-refractivity contribution in [2.45, 2.75) is 13.0 Å². The van der Waals surface area contributed by atoms with Gasteiger partial charge in [0.15, 0.2) is 0 Å². The summed E-state index contributed by atoms with van der Waals surface area (Å²) in [6.45, 7) is 2.71. The maximum Gasteiger partial charge on any atom is 0.207 e. The number of methoxy groups -OCH3 is 1. The highest BCUT2D eigenvalue weighted by atomic mass is 79.9. The third-order valence-electron chi connectivity index (χ3n) is 2.73. The van der Waals surface area contributed by atoms with Gasteiger partial charge in [-0.15, -0.1) is 0 Å². The molecule has 1 N–H and O–H groups in total. The highest BCUT2D eigenvalue weighted by Crippen LogP contribution is 2.28. The van der Waals surface area contributed by atoms with Gasteiger partial charge in [0.1, 0.15) is 0 Å². The molecule has 0 saturated carbocycles.